The molecule has 1 aliphatic heterocycles. The number of anilines is 2. The average Bonchev–Trinajstić information content (AvgIpc) is 3.29. The summed E-state index contributed by atoms with van der Waals surface area (Å²) in [6, 6.07) is 14.7. The van der Waals surface area contributed by atoms with Crippen LogP contribution in [-0.2, 0) is 0 Å². The van der Waals surface area contributed by atoms with Gasteiger partial charge < -0.3 is 14.6 Å². The third-order valence-corrected chi connectivity index (χ3v) is 6.68. The lowest BCUT2D eigenvalue weighted by atomic mass is 10.1. The number of fused-ring (bicyclic) bond motifs is 1. The van der Waals surface area contributed by atoms with Gasteiger partial charge in [0.25, 0.3) is 11.6 Å². The molecule has 1 fully saturated rings. The molecule has 35 heavy (non-hydrogen) atoms. The van der Waals surface area contributed by atoms with E-state index in [9.17, 15) is 14.9 Å². The molecular weight excluding hydrogens is 491 g/mol. The molecule has 1 amide bonds. The van der Waals surface area contributed by atoms with Gasteiger partial charge in [0.2, 0.25) is 5.89 Å². The zero-order valence-electron chi connectivity index (χ0n) is 18.5. The van der Waals surface area contributed by atoms with Crippen LogP contribution in [0.2, 0.25) is 10.0 Å². The smallest absolute Gasteiger partial charge is 0.293 e. The van der Waals surface area contributed by atoms with E-state index in [0.29, 0.717) is 44.0 Å². The normalized spacial score (nSPS) is 13.7. The number of nitro groups is 1. The van der Waals surface area contributed by atoms with Gasteiger partial charge in [-0.2, -0.15) is 0 Å². The molecule has 2 heterocycles. The molecule has 1 aliphatic rings. The number of nitrogens with zero attached hydrogens (tertiary/aromatic N) is 3. The molecule has 0 saturated carbocycles. The van der Waals surface area contributed by atoms with Crippen molar-refractivity contribution in [3.63, 3.8) is 0 Å². The summed E-state index contributed by atoms with van der Waals surface area (Å²) < 4.78 is 5.80. The first-order valence-electron chi connectivity index (χ1n) is 11.1. The minimum Gasteiger partial charge on any atom is -0.436 e. The van der Waals surface area contributed by atoms with Crippen molar-refractivity contribution in [3.8, 4) is 11.5 Å². The third kappa shape index (κ3) is 4.80. The van der Waals surface area contributed by atoms with E-state index >= 15 is 0 Å². The van der Waals surface area contributed by atoms with Crippen LogP contribution in [0.5, 0.6) is 0 Å². The highest BCUT2D eigenvalue weighted by Gasteiger charge is 2.23. The minimum atomic E-state index is -0.453. The van der Waals surface area contributed by atoms with Crippen molar-refractivity contribution < 1.29 is 14.1 Å². The van der Waals surface area contributed by atoms with Gasteiger partial charge in [-0.15, -0.1) is 0 Å². The Labute approximate surface area is 210 Å². The fourth-order valence-corrected chi connectivity index (χ4v) is 4.47. The van der Waals surface area contributed by atoms with E-state index in [1.54, 1.807) is 48.5 Å². The van der Waals surface area contributed by atoms with Crippen molar-refractivity contribution in [1.82, 2.24) is 4.98 Å². The number of carbonyl (C=O) groups is 1. The number of rotatable bonds is 5. The minimum absolute atomic E-state index is 0.0715. The Morgan fingerprint density at radius 1 is 1.00 bits per heavy atom. The van der Waals surface area contributed by atoms with E-state index in [0.717, 1.165) is 32.4 Å². The predicted molar refractivity (Wildman–Crippen MR) is 137 cm³/mol. The number of hydrogen-bond acceptors (Lipinski definition) is 6. The summed E-state index contributed by atoms with van der Waals surface area (Å²) in [6.45, 7) is 1.54. The van der Waals surface area contributed by atoms with Crippen LogP contribution in [0.3, 0.4) is 0 Å². The molecule has 8 nitrogen and oxygen atoms in total. The van der Waals surface area contributed by atoms with Crippen LogP contribution in [0.15, 0.2) is 59.0 Å². The van der Waals surface area contributed by atoms with Crippen molar-refractivity contribution in [1.29, 1.82) is 0 Å². The van der Waals surface area contributed by atoms with Crippen LogP contribution in [0, 0.1) is 10.1 Å². The summed E-state index contributed by atoms with van der Waals surface area (Å²) in [5.41, 5.74) is 2.90. The van der Waals surface area contributed by atoms with Crippen LogP contribution in [0.25, 0.3) is 22.6 Å². The van der Waals surface area contributed by atoms with Gasteiger partial charge in [0.1, 0.15) is 11.2 Å². The fourth-order valence-electron chi connectivity index (χ4n) is 4.17. The quantitative estimate of drug-likeness (QED) is 0.230. The Morgan fingerprint density at radius 2 is 1.80 bits per heavy atom. The Bertz CT molecular complexity index is 1450. The molecule has 178 valence electrons. The second-order valence-electron chi connectivity index (χ2n) is 8.29. The Balaban J connectivity index is 1.38. The first-order chi connectivity index (χ1) is 16.9. The van der Waals surface area contributed by atoms with Gasteiger partial charge in [0, 0.05) is 36.0 Å². The van der Waals surface area contributed by atoms with Gasteiger partial charge in [-0.25, -0.2) is 4.98 Å². The number of carbonyl (C=O) groups excluding carboxylic acids is 1. The van der Waals surface area contributed by atoms with Gasteiger partial charge in [-0.3, -0.25) is 14.9 Å². The molecule has 10 heteroatoms. The number of benzene rings is 3. The van der Waals surface area contributed by atoms with Crippen LogP contribution in [0.1, 0.15) is 29.6 Å². The summed E-state index contributed by atoms with van der Waals surface area (Å²) in [4.78, 5) is 30.7. The lowest BCUT2D eigenvalue weighted by Gasteiger charge is -2.28. The number of amides is 1. The van der Waals surface area contributed by atoms with Gasteiger partial charge in [-0.1, -0.05) is 23.2 Å². The molecular formula is C25H20Cl2N4O4. The SMILES string of the molecule is O=C(Nc1ccc2oc(-c3ccc(Cl)c(Cl)c3)nc2c1)c1ccc(N2CCCCC2)c([N+](=O)[O-])c1. The highest BCUT2D eigenvalue weighted by molar-refractivity contribution is 6.42. The first-order valence-corrected chi connectivity index (χ1v) is 11.9. The summed E-state index contributed by atoms with van der Waals surface area (Å²) in [6.07, 6.45) is 3.11. The van der Waals surface area contributed by atoms with Crippen LogP contribution < -0.4 is 10.2 Å². The predicted octanol–water partition coefficient (Wildman–Crippen LogP) is 6.95. The average molecular weight is 511 g/mol. The maximum absolute atomic E-state index is 12.9. The maximum atomic E-state index is 12.9. The first kappa shape index (κ1) is 23.1. The second kappa shape index (κ2) is 9.56. The number of oxazole rings is 1. The molecule has 0 aliphatic carbocycles. The monoisotopic (exact) mass is 510 g/mol. The molecule has 1 saturated heterocycles. The number of piperidine rings is 1. The topological polar surface area (TPSA) is 102 Å². The number of nitro benzene ring substituents is 1. The standard InChI is InChI=1S/C25H20Cl2N4O4/c26-18-7-4-16(12-19(18)27)25-29-20-14-17(6-9-23(20)35-25)28-24(32)15-5-8-21(22(13-15)31(33)34)30-10-2-1-3-11-30/h4-9,12-14H,1-3,10-11H2,(H,28,32). The number of hydrogen-bond donors (Lipinski definition) is 1. The number of halogens is 2. The summed E-state index contributed by atoms with van der Waals surface area (Å²) in [7, 11) is 0. The highest BCUT2D eigenvalue weighted by Crippen LogP contribution is 2.33. The Kier molecular flexibility index (Phi) is 6.32. The molecule has 4 aromatic rings. The van der Waals surface area contributed by atoms with Gasteiger partial charge >= 0.3 is 0 Å². The summed E-state index contributed by atoms with van der Waals surface area (Å²) >= 11 is 12.1. The number of aromatic nitrogens is 1. The van der Waals surface area contributed by atoms with Crippen LogP contribution >= 0.6 is 23.2 Å². The molecule has 0 spiro atoms. The zero-order valence-corrected chi connectivity index (χ0v) is 20.0. The molecule has 5 rings (SSSR count). The Morgan fingerprint density at radius 3 is 2.54 bits per heavy atom. The van der Waals surface area contributed by atoms with Crippen molar-refractivity contribution in [3.05, 3.63) is 80.3 Å². The van der Waals surface area contributed by atoms with Gasteiger partial charge in [0.15, 0.2) is 5.58 Å². The third-order valence-electron chi connectivity index (χ3n) is 5.94. The van der Waals surface area contributed by atoms with Gasteiger partial charge in [0.05, 0.1) is 15.0 Å². The molecule has 0 unspecified atom stereocenters. The highest BCUT2D eigenvalue weighted by atomic mass is 35.5. The summed E-state index contributed by atoms with van der Waals surface area (Å²) in [5.74, 6) is -0.0863. The Hall–Kier alpha value is -3.62. The molecule has 0 radical (unpaired) electrons. The fraction of sp³-hybridized carbons (Fsp3) is 0.200. The van der Waals surface area contributed by atoms with Crippen LogP contribution in [-0.4, -0.2) is 28.9 Å². The largest absolute Gasteiger partial charge is 0.436 e. The van der Waals surface area contributed by atoms with Crippen molar-refractivity contribution >= 4 is 57.3 Å². The van der Waals surface area contributed by atoms with E-state index in [-0.39, 0.29) is 11.3 Å². The van der Waals surface area contributed by atoms with E-state index in [4.69, 9.17) is 27.6 Å². The van der Waals surface area contributed by atoms with Gasteiger partial charge in [-0.05, 0) is 67.8 Å². The molecule has 1 N–H and O–H groups in total. The zero-order chi connectivity index (χ0) is 24.5. The van der Waals surface area contributed by atoms with Crippen molar-refractivity contribution in [2.24, 2.45) is 0 Å². The molecule has 1 aromatic heterocycles. The van der Waals surface area contributed by atoms with Crippen molar-refractivity contribution in [2.75, 3.05) is 23.3 Å². The lowest BCUT2D eigenvalue weighted by Crippen LogP contribution is -2.30. The molecule has 0 atom stereocenters. The van der Waals surface area contributed by atoms with E-state index < -0.39 is 10.8 Å². The van der Waals surface area contributed by atoms with E-state index in [2.05, 4.69) is 10.3 Å². The number of nitrogens with one attached hydrogen (secondary N) is 1. The summed E-state index contributed by atoms with van der Waals surface area (Å²) in [5, 5.41) is 15.3. The lowest BCUT2D eigenvalue weighted by molar-refractivity contribution is -0.384. The molecule has 0 bridgehead atoms. The van der Waals surface area contributed by atoms with E-state index in [1.165, 1.54) is 6.07 Å². The molecule has 3 aromatic carbocycles. The van der Waals surface area contributed by atoms with Crippen molar-refractivity contribution in [2.45, 2.75) is 19.3 Å². The maximum Gasteiger partial charge on any atom is 0.293 e. The van der Waals surface area contributed by atoms with Crippen LogP contribution in [0.4, 0.5) is 17.1 Å². The second-order valence-corrected chi connectivity index (χ2v) is 9.11. The van der Waals surface area contributed by atoms with E-state index in [1.807, 2.05) is 4.90 Å².